The van der Waals surface area contributed by atoms with Gasteiger partial charge in [-0.1, -0.05) is 175 Å². The fourth-order valence-corrected chi connectivity index (χ4v) is 6.75. The van der Waals surface area contributed by atoms with Crippen LogP contribution in [0.15, 0.2) is 0 Å². The number of nitrogens with zero attached hydrogens (tertiary/aromatic N) is 1. The molecule has 0 unspecified atom stereocenters. The number of hydrogen-bond donors (Lipinski definition) is 0. The van der Waals surface area contributed by atoms with Crippen molar-refractivity contribution in [1.82, 2.24) is 0 Å². The van der Waals surface area contributed by atoms with Gasteiger partial charge in [0.1, 0.15) is 0 Å². The zero-order valence-electron chi connectivity index (χ0n) is 30.0. The Balaban J connectivity index is 0. The summed E-state index contributed by atoms with van der Waals surface area (Å²) in [6.07, 6.45) is 43.4. The minimum atomic E-state index is 0. The first-order chi connectivity index (χ1) is 19.4. The molecule has 0 bridgehead atoms. The zero-order valence-corrected chi connectivity index (χ0v) is 30.7. The van der Waals surface area contributed by atoms with Gasteiger partial charge in [-0.25, -0.2) is 0 Å². The zero-order chi connectivity index (χ0) is 29.6. The summed E-state index contributed by atoms with van der Waals surface area (Å²) in [6, 6.07) is 0. The van der Waals surface area contributed by atoms with Crippen molar-refractivity contribution < 1.29 is 16.9 Å². The number of rotatable bonds is 33. The molecule has 0 aromatic heterocycles. The average molecular weight is 601 g/mol. The number of halogens is 1. The molecule has 0 N–H and O–H groups in total. The lowest BCUT2D eigenvalue weighted by molar-refractivity contribution is -0.956. The van der Waals surface area contributed by atoms with E-state index in [1.54, 1.807) is 0 Å². The second-order valence-corrected chi connectivity index (χ2v) is 14.6. The summed E-state index contributed by atoms with van der Waals surface area (Å²) in [7, 11) is 2.63. The SMILES string of the molecule is CCCCCCCCCCCC[N+](C)(CCCCCCCCCCCC)C(C)(C)CCCCCCCCCCC.[Cl-]. The van der Waals surface area contributed by atoms with E-state index in [9.17, 15) is 0 Å². The maximum Gasteiger partial charge on any atom is 0.0933 e. The van der Waals surface area contributed by atoms with Gasteiger partial charge in [-0.15, -0.1) is 0 Å². The summed E-state index contributed by atoms with van der Waals surface area (Å²) in [5, 5.41) is 0. The standard InChI is InChI=1S/C39H82N.ClH/c1-7-10-13-16-19-22-25-28-31-34-37-40(6,38-35-32-29-26-23-20-17-14-11-8-2)39(4,5)36-33-30-27-24-21-18-15-12-9-3;/h7-38H2,1-6H3;1H/q+1;/p-1. The van der Waals surface area contributed by atoms with Crippen LogP contribution in [-0.2, 0) is 0 Å². The van der Waals surface area contributed by atoms with Crippen molar-refractivity contribution in [2.75, 3.05) is 20.1 Å². The predicted octanol–water partition coefficient (Wildman–Crippen LogP) is 11.0. The Morgan fingerprint density at radius 3 is 0.829 bits per heavy atom. The minimum absolute atomic E-state index is 0. The Kier molecular flexibility index (Phi) is 33.5. The Labute approximate surface area is 269 Å². The van der Waals surface area contributed by atoms with Crippen LogP contribution in [0.5, 0.6) is 0 Å². The first kappa shape index (κ1) is 43.4. The highest BCUT2D eigenvalue weighted by Gasteiger charge is 2.38. The van der Waals surface area contributed by atoms with Crippen LogP contribution in [0, 0.1) is 0 Å². The maximum absolute atomic E-state index is 2.63. The highest BCUT2D eigenvalue weighted by atomic mass is 35.5. The summed E-state index contributed by atoms with van der Waals surface area (Å²) in [4.78, 5) is 0. The summed E-state index contributed by atoms with van der Waals surface area (Å²) in [5.74, 6) is 0. The molecule has 0 saturated heterocycles. The highest BCUT2D eigenvalue weighted by molar-refractivity contribution is 4.71. The number of quaternary nitrogens is 1. The van der Waals surface area contributed by atoms with E-state index in [0.717, 1.165) is 0 Å². The molecule has 0 aliphatic heterocycles. The van der Waals surface area contributed by atoms with E-state index < -0.39 is 0 Å². The molecule has 1 nitrogen and oxygen atoms in total. The maximum atomic E-state index is 2.63. The van der Waals surface area contributed by atoms with Gasteiger partial charge in [0.15, 0.2) is 0 Å². The molecule has 0 atom stereocenters. The van der Waals surface area contributed by atoms with Gasteiger partial charge in [0.05, 0.1) is 25.7 Å². The highest BCUT2D eigenvalue weighted by Crippen LogP contribution is 2.31. The van der Waals surface area contributed by atoms with E-state index in [1.165, 1.54) is 210 Å². The summed E-state index contributed by atoms with van der Waals surface area (Å²) >= 11 is 0. The lowest BCUT2D eigenvalue weighted by Gasteiger charge is -2.48. The average Bonchev–Trinajstić information content (AvgIpc) is 2.94. The van der Waals surface area contributed by atoms with Crippen LogP contribution in [0.25, 0.3) is 0 Å². The van der Waals surface area contributed by atoms with Crippen molar-refractivity contribution in [3.05, 3.63) is 0 Å². The minimum Gasteiger partial charge on any atom is -1.00 e. The third-order valence-corrected chi connectivity index (χ3v) is 10.4. The molecular weight excluding hydrogens is 518 g/mol. The third-order valence-electron chi connectivity index (χ3n) is 10.4. The van der Waals surface area contributed by atoms with Gasteiger partial charge in [0.25, 0.3) is 0 Å². The van der Waals surface area contributed by atoms with Crippen LogP contribution < -0.4 is 12.4 Å². The van der Waals surface area contributed by atoms with Crippen molar-refractivity contribution in [3.8, 4) is 0 Å². The van der Waals surface area contributed by atoms with Gasteiger partial charge in [-0.2, -0.15) is 0 Å². The summed E-state index contributed by atoms with van der Waals surface area (Å²) in [6.45, 7) is 15.0. The van der Waals surface area contributed by atoms with E-state index in [-0.39, 0.29) is 12.4 Å². The second kappa shape index (κ2) is 31.7. The summed E-state index contributed by atoms with van der Waals surface area (Å²) < 4.78 is 1.32. The van der Waals surface area contributed by atoms with E-state index in [2.05, 4.69) is 41.7 Å². The van der Waals surface area contributed by atoms with Crippen LogP contribution >= 0.6 is 0 Å². The monoisotopic (exact) mass is 600 g/mol. The molecule has 0 spiro atoms. The van der Waals surface area contributed by atoms with Crippen LogP contribution in [0.1, 0.15) is 227 Å². The quantitative estimate of drug-likeness (QED) is 0.0519. The van der Waals surface area contributed by atoms with Gasteiger partial charge >= 0.3 is 0 Å². The molecule has 250 valence electrons. The van der Waals surface area contributed by atoms with Crippen molar-refractivity contribution in [2.45, 2.75) is 233 Å². The molecule has 0 fully saturated rings. The Morgan fingerprint density at radius 2 is 0.561 bits per heavy atom. The Bertz CT molecular complexity index is 464. The van der Waals surface area contributed by atoms with Gasteiger partial charge in [-0.3, -0.25) is 0 Å². The molecule has 0 heterocycles. The Hall–Kier alpha value is 0.250. The largest absolute Gasteiger partial charge is 1.00 e. The lowest BCUT2D eigenvalue weighted by atomic mass is 9.90. The molecular formula is C39H82ClN. The first-order valence-corrected chi connectivity index (χ1v) is 19.3. The second-order valence-electron chi connectivity index (χ2n) is 14.6. The predicted molar refractivity (Wildman–Crippen MR) is 186 cm³/mol. The van der Waals surface area contributed by atoms with Crippen molar-refractivity contribution in [3.63, 3.8) is 0 Å². The molecule has 0 rings (SSSR count). The van der Waals surface area contributed by atoms with Crippen molar-refractivity contribution in [2.24, 2.45) is 0 Å². The molecule has 0 aromatic rings. The molecule has 0 saturated carbocycles. The normalized spacial score (nSPS) is 12.1. The molecule has 0 radical (unpaired) electrons. The summed E-state index contributed by atoms with van der Waals surface area (Å²) in [5.41, 5.74) is 0.416. The van der Waals surface area contributed by atoms with E-state index >= 15 is 0 Å². The van der Waals surface area contributed by atoms with Crippen molar-refractivity contribution in [1.29, 1.82) is 0 Å². The fraction of sp³-hybridized carbons (Fsp3) is 1.00. The lowest BCUT2D eigenvalue weighted by Crippen LogP contribution is -3.00. The van der Waals surface area contributed by atoms with Crippen LogP contribution in [0.4, 0.5) is 0 Å². The van der Waals surface area contributed by atoms with Crippen molar-refractivity contribution >= 4 is 0 Å². The third kappa shape index (κ3) is 26.4. The fourth-order valence-electron chi connectivity index (χ4n) is 6.75. The van der Waals surface area contributed by atoms with Crippen LogP contribution in [0.3, 0.4) is 0 Å². The van der Waals surface area contributed by atoms with Gasteiger partial charge in [0.2, 0.25) is 0 Å². The number of unbranched alkanes of at least 4 members (excludes halogenated alkanes) is 26. The molecule has 41 heavy (non-hydrogen) atoms. The van der Waals surface area contributed by atoms with Crippen LogP contribution in [-0.4, -0.2) is 30.2 Å². The van der Waals surface area contributed by atoms with Gasteiger partial charge in [-0.05, 0) is 46.0 Å². The Morgan fingerprint density at radius 1 is 0.341 bits per heavy atom. The molecule has 0 amide bonds. The molecule has 2 heteroatoms. The molecule has 0 aromatic carbocycles. The molecule has 0 aliphatic carbocycles. The van der Waals surface area contributed by atoms with Gasteiger partial charge < -0.3 is 16.9 Å². The van der Waals surface area contributed by atoms with E-state index in [4.69, 9.17) is 0 Å². The number of hydrogen-bond acceptors (Lipinski definition) is 0. The van der Waals surface area contributed by atoms with Gasteiger partial charge in [0, 0.05) is 6.42 Å². The van der Waals surface area contributed by atoms with E-state index in [0.29, 0.717) is 5.54 Å². The first-order valence-electron chi connectivity index (χ1n) is 19.3. The van der Waals surface area contributed by atoms with Crippen LogP contribution in [0.2, 0.25) is 0 Å². The topological polar surface area (TPSA) is 0 Å². The van der Waals surface area contributed by atoms with E-state index in [1.807, 2.05) is 0 Å². The smallest absolute Gasteiger partial charge is 0.0933 e. The molecule has 0 aliphatic rings.